The van der Waals surface area contributed by atoms with Crippen LogP contribution in [0.25, 0.3) is 0 Å². The predicted octanol–water partition coefficient (Wildman–Crippen LogP) is 1.64. The van der Waals surface area contributed by atoms with E-state index in [0.29, 0.717) is 19.5 Å². The van der Waals surface area contributed by atoms with Crippen LogP contribution in [0.4, 0.5) is 5.69 Å². The molecule has 0 saturated heterocycles. The molecular weight excluding hydrogens is 254 g/mol. The third-order valence-electron chi connectivity index (χ3n) is 3.15. The molecule has 1 atom stereocenters. The van der Waals surface area contributed by atoms with Crippen molar-refractivity contribution >= 4 is 17.5 Å². The van der Waals surface area contributed by atoms with Gasteiger partial charge in [0, 0.05) is 25.6 Å². The molecule has 1 rings (SSSR count). The summed E-state index contributed by atoms with van der Waals surface area (Å²) in [6, 6.07) is 7.40. The summed E-state index contributed by atoms with van der Waals surface area (Å²) in [5.74, 6) is 0.170. The summed E-state index contributed by atoms with van der Waals surface area (Å²) in [4.78, 5) is 22.6. The molecule has 4 N–H and O–H groups in total. The van der Waals surface area contributed by atoms with Crippen molar-refractivity contribution in [3.8, 4) is 0 Å². The maximum Gasteiger partial charge on any atom is 0.221 e. The van der Waals surface area contributed by atoms with Crippen LogP contribution in [0.1, 0.15) is 32.3 Å². The van der Waals surface area contributed by atoms with Gasteiger partial charge in [0.1, 0.15) is 0 Å². The molecule has 5 nitrogen and oxygen atoms in total. The van der Waals surface area contributed by atoms with E-state index >= 15 is 0 Å². The van der Waals surface area contributed by atoms with E-state index in [4.69, 9.17) is 5.73 Å². The molecular formula is C15H23N3O2. The molecule has 0 aliphatic rings. The average Bonchev–Trinajstić information content (AvgIpc) is 2.43. The number of nitrogens with one attached hydrogen (secondary N) is 2. The van der Waals surface area contributed by atoms with Gasteiger partial charge in [0.25, 0.3) is 0 Å². The van der Waals surface area contributed by atoms with Gasteiger partial charge in [-0.15, -0.1) is 0 Å². The zero-order valence-electron chi connectivity index (χ0n) is 12.1. The molecule has 110 valence electrons. The molecule has 1 aromatic carbocycles. The minimum atomic E-state index is -0.0987. The highest BCUT2D eigenvalue weighted by Gasteiger charge is 2.09. The van der Waals surface area contributed by atoms with E-state index in [1.54, 1.807) is 0 Å². The van der Waals surface area contributed by atoms with Gasteiger partial charge in [0.2, 0.25) is 11.8 Å². The maximum atomic E-state index is 11.7. The number of anilines is 1. The molecule has 20 heavy (non-hydrogen) atoms. The van der Waals surface area contributed by atoms with Crippen LogP contribution in [-0.2, 0) is 16.1 Å². The third-order valence-corrected chi connectivity index (χ3v) is 3.15. The van der Waals surface area contributed by atoms with Crippen molar-refractivity contribution in [1.29, 1.82) is 0 Å². The van der Waals surface area contributed by atoms with Crippen LogP contribution in [0.15, 0.2) is 24.3 Å². The summed E-state index contributed by atoms with van der Waals surface area (Å²) in [5, 5.41) is 5.57. The van der Waals surface area contributed by atoms with E-state index < -0.39 is 0 Å². The fourth-order valence-corrected chi connectivity index (χ4v) is 1.84. The van der Waals surface area contributed by atoms with E-state index in [9.17, 15) is 9.59 Å². The lowest BCUT2D eigenvalue weighted by atomic mass is 10.0. The Kier molecular flexibility index (Phi) is 6.73. The van der Waals surface area contributed by atoms with Crippen molar-refractivity contribution in [2.75, 3.05) is 11.9 Å². The Morgan fingerprint density at radius 1 is 1.25 bits per heavy atom. The molecule has 0 aliphatic heterocycles. The lowest BCUT2D eigenvalue weighted by molar-refractivity contribution is -0.122. The fourth-order valence-electron chi connectivity index (χ4n) is 1.84. The second-order valence-corrected chi connectivity index (χ2v) is 4.87. The summed E-state index contributed by atoms with van der Waals surface area (Å²) in [6.07, 6.45) is 1.38. The Morgan fingerprint density at radius 3 is 2.40 bits per heavy atom. The lowest BCUT2D eigenvalue weighted by Gasteiger charge is -2.12. The average molecular weight is 277 g/mol. The maximum absolute atomic E-state index is 11.7. The van der Waals surface area contributed by atoms with Crippen molar-refractivity contribution < 1.29 is 9.59 Å². The van der Waals surface area contributed by atoms with Crippen molar-refractivity contribution in [2.45, 2.75) is 33.2 Å². The molecule has 2 amide bonds. The standard InChI is InChI=1S/C15H23N3O2/c1-3-12(9-16)8-15(20)17-10-13-4-6-14(7-5-13)18-11(2)19/h4-7,12H,3,8-10,16H2,1-2H3,(H,17,20)(H,18,19). The van der Waals surface area contributed by atoms with E-state index in [1.165, 1.54) is 6.92 Å². The summed E-state index contributed by atoms with van der Waals surface area (Å²) in [7, 11) is 0. The topological polar surface area (TPSA) is 84.2 Å². The van der Waals surface area contributed by atoms with E-state index in [0.717, 1.165) is 17.7 Å². The van der Waals surface area contributed by atoms with Gasteiger partial charge in [-0.3, -0.25) is 9.59 Å². The predicted molar refractivity (Wildman–Crippen MR) is 80.0 cm³/mol. The van der Waals surface area contributed by atoms with Crippen molar-refractivity contribution in [2.24, 2.45) is 11.7 Å². The van der Waals surface area contributed by atoms with Crippen molar-refractivity contribution in [1.82, 2.24) is 5.32 Å². The first-order valence-corrected chi connectivity index (χ1v) is 6.88. The monoisotopic (exact) mass is 277 g/mol. The van der Waals surface area contributed by atoms with Crippen LogP contribution >= 0.6 is 0 Å². The van der Waals surface area contributed by atoms with Crippen LogP contribution in [-0.4, -0.2) is 18.4 Å². The number of amides is 2. The minimum absolute atomic E-state index is 0.0215. The van der Waals surface area contributed by atoms with Crippen LogP contribution in [0.3, 0.4) is 0 Å². The Bertz CT molecular complexity index is 439. The number of carbonyl (C=O) groups excluding carboxylic acids is 2. The third kappa shape index (κ3) is 5.84. The van der Waals surface area contributed by atoms with Crippen LogP contribution < -0.4 is 16.4 Å². The smallest absolute Gasteiger partial charge is 0.221 e. The minimum Gasteiger partial charge on any atom is -0.352 e. The van der Waals surface area contributed by atoms with Gasteiger partial charge < -0.3 is 16.4 Å². The zero-order valence-corrected chi connectivity index (χ0v) is 12.1. The molecule has 0 bridgehead atoms. The van der Waals surface area contributed by atoms with Gasteiger partial charge in [-0.2, -0.15) is 0 Å². The molecule has 1 unspecified atom stereocenters. The molecule has 0 spiro atoms. The number of nitrogens with two attached hydrogens (primary N) is 1. The van der Waals surface area contributed by atoms with Gasteiger partial charge in [0.15, 0.2) is 0 Å². The number of benzene rings is 1. The number of carbonyl (C=O) groups is 2. The molecule has 5 heteroatoms. The molecule has 1 aromatic rings. The Morgan fingerprint density at radius 2 is 1.90 bits per heavy atom. The fraction of sp³-hybridized carbons (Fsp3) is 0.467. The quantitative estimate of drug-likeness (QED) is 0.708. The zero-order chi connectivity index (χ0) is 15.0. The second-order valence-electron chi connectivity index (χ2n) is 4.87. The van der Waals surface area contributed by atoms with Crippen molar-refractivity contribution in [3.05, 3.63) is 29.8 Å². The van der Waals surface area contributed by atoms with E-state index in [2.05, 4.69) is 10.6 Å². The van der Waals surface area contributed by atoms with Crippen LogP contribution in [0.5, 0.6) is 0 Å². The number of rotatable bonds is 7. The van der Waals surface area contributed by atoms with Gasteiger partial charge >= 0.3 is 0 Å². The molecule has 0 fully saturated rings. The second kappa shape index (κ2) is 8.32. The molecule has 0 heterocycles. The molecule has 0 radical (unpaired) electrons. The largest absolute Gasteiger partial charge is 0.352 e. The summed E-state index contributed by atoms with van der Waals surface area (Å²) in [6.45, 7) is 4.52. The first-order valence-electron chi connectivity index (χ1n) is 6.88. The summed E-state index contributed by atoms with van der Waals surface area (Å²) >= 11 is 0. The SMILES string of the molecule is CCC(CN)CC(=O)NCc1ccc(NC(C)=O)cc1. The van der Waals surface area contributed by atoms with E-state index in [-0.39, 0.29) is 17.7 Å². The van der Waals surface area contributed by atoms with Crippen LogP contribution in [0, 0.1) is 5.92 Å². The first kappa shape index (κ1) is 16.2. The molecule has 0 aromatic heterocycles. The highest BCUT2D eigenvalue weighted by Crippen LogP contribution is 2.10. The van der Waals surface area contributed by atoms with Gasteiger partial charge in [-0.05, 0) is 30.2 Å². The lowest BCUT2D eigenvalue weighted by Crippen LogP contribution is -2.27. The Hall–Kier alpha value is -1.88. The van der Waals surface area contributed by atoms with Gasteiger partial charge in [0.05, 0.1) is 0 Å². The molecule has 0 aliphatic carbocycles. The van der Waals surface area contributed by atoms with Crippen LogP contribution in [0.2, 0.25) is 0 Å². The van der Waals surface area contributed by atoms with E-state index in [1.807, 2.05) is 31.2 Å². The van der Waals surface area contributed by atoms with Gasteiger partial charge in [-0.1, -0.05) is 25.5 Å². The normalized spacial score (nSPS) is 11.8. The Balaban J connectivity index is 2.41. The molecule has 0 saturated carbocycles. The van der Waals surface area contributed by atoms with Gasteiger partial charge in [-0.25, -0.2) is 0 Å². The number of hydrogen-bond donors (Lipinski definition) is 3. The first-order chi connectivity index (χ1) is 9.55. The number of hydrogen-bond acceptors (Lipinski definition) is 3. The highest BCUT2D eigenvalue weighted by atomic mass is 16.2. The summed E-state index contributed by atoms with van der Waals surface area (Å²) in [5.41, 5.74) is 7.33. The highest BCUT2D eigenvalue weighted by molar-refractivity contribution is 5.88. The summed E-state index contributed by atoms with van der Waals surface area (Å²) < 4.78 is 0. The van der Waals surface area contributed by atoms with Crippen molar-refractivity contribution in [3.63, 3.8) is 0 Å². The Labute approximate surface area is 119 Å².